The van der Waals surface area contributed by atoms with Crippen molar-refractivity contribution in [2.45, 2.75) is 38.0 Å². The molecule has 1 aromatic rings. The van der Waals surface area contributed by atoms with Gasteiger partial charge in [-0.05, 0) is 60.1 Å². The molecule has 0 bridgehead atoms. The van der Waals surface area contributed by atoms with Crippen LogP contribution in [-0.2, 0) is 14.9 Å². The third-order valence-electron chi connectivity index (χ3n) is 3.41. The number of methoxy groups -OCH3 is 1. The molecular weight excluding hydrogens is 375 g/mol. The van der Waals surface area contributed by atoms with Crippen molar-refractivity contribution in [3.05, 3.63) is 33.4 Å². The molecular formula is C15H20ClIO2. The fraction of sp³-hybridized carbons (Fsp3) is 0.533. The van der Waals surface area contributed by atoms with Gasteiger partial charge in [-0.25, -0.2) is 0 Å². The number of carbonyl (C=O) groups is 1. The van der Waals surface area contributed by atoms with Gasteiger partial charge < -0.3 is 4.74 Å². The Morgan fingerprint density at radius 1 is 1.37 bits per heavy atom. The molecule has 19 heavy (non-hydrogen) atoms. The van der Waals surface area contributed by atoms with Crippen LogP contribution in [-0.4, -0.2) is 19.0 Å². The molecule has 1 unspecified atom stereocenters. The highest BCUT2D eigenvalue weighted by molar-refractivity contribution is 14.1. The van der Waals surface area contributed by atoms with Crippen molar-refractivity contribution in [2.24, 2.45) is 0 Å². The number of unbranched alkanes of at least 4 members (excludes halogenated alkanes) is 2. The largest absolute Gasteiger partial charge is 0.468 e. The summed E-state index contributed by atoms with van der Waals surface area (Å²) in [5.41, 5.74) is 0.458. The SMILES string of the molecule is COC(=O)C(C)(CCCCCCl)c1cccc(I)c1. The van der Waals surface area contributed by atoms with Gasteiger partial charge in [0.15, 0.2) is 0 Å². The van der Waals surface area contributed by atoms with E-state index in [1.54, 1.807) is 0 Å². The highest BCUT2D eigenvalue weighted by Gasteiger charge is 2.35. The summed E-state index contributed by atoms with van der Waals surface area (Å²) in [5, 5.41) is 0. The van der Waals surface area contributed by atoms with E-state index >= 15 is 0 Å². The molecule has 0 aromatic heterocycles. The van der Waals surface area contributed by atoms with Crippen LogP contribution in [0.4, 0.5) is 0 Å². The van der Waals surface area contributed by atoms with Gasteiger partial charge in [0.25, 0.3) is 0 Å². The second-order valence-corrected chi connectivity index (χ2v) is 6.46. The third-order valence-corrected chi connectivity index (χ3v) is 4.35. The summed E-state index contributed by atoms with van der Waals surface area (Å²) in [6.07, 6.45) is 3.80. The van der Waals surface area contributed by atoms with E-state index in [9.17, 15) is 4.79 Å². The van der Waals surface area contributed by atoms with E-state index in [1.165, 1.54) is 7.11 Å². The zero-order chi connectivity index (χ0) is 14.3. The highest BCUT2D eigenvalue weighted by Crippen LogP contribution is 2.32. The molecule has 0 fully saturated rings. The van der Waals surface area contributed by atoms with E-state index in [1.807, 2.05) is 25.1 Å². The van der Waals surface area contributed by atoms with E-state index in [4.69, 9.17) is 16.3 Å². The average Bonchev–Trinajstić information content (AvgIpc) is 2.42. The molecule has 1 aromatic carbocycles. The topological polar surface area (TPSA) is 26.3 Å². The number of benzene rings is 1. The summed E-state index contributed by atoms with van der Waals surface area (Å²) in [6, 6.07) is 8.06. The zero-order valence-corrected chi connectivity index (χ0v) is 14.3. The number of esters is 1. The lowest BCUT2D eigenvalue weighted by atomic mass is 9.78. The molecule has 2 nitrogen and oxygen atoms in total. The number of hydrogen-bond acceptors (Lipinski definition) is 2. The van der Waals surface area contributed by atoms with E-state index in [0.29, 0.717) is 5.88 Å². The molecule has 1 rings (SSSR count). The molecule has 4 heteroatoms. The van der Waals surface area contributed by atoms with Crippen molar-refractivity contribution in [3.63, 3.8) is 0 Å². The van der Waals surface area contributed by atoms with Crippen LogP contribution in [0.5, 0.6) is 0 Å². The molecule has 0 aliphatic carbocycles. The van der Waals surface area contributed by atoms with Crippen LogP contribution in [0.3, 0.4) is 0 Å². The molecule has 0 saturated heterocycles. The van der Waals surface area contributed by atoms with Gasteiger partial charge in [-0.1, -0.05) is 25.0 Å². The van der Waals surface area contributed by atoms with Crippen LogP contribution in [0.1, 0.15) is 38.2 Å². The summed E-state index contributed by atoms with van der Waals surface area (Å²) in [6.45, 7) is 1.96. The molecule has 0 saturated carbocycles. The summed E-state index contributed by atoms with van der Waals surface area (Å²) >= 11 is 7.95. The Labute approximate surface area is 134 Å². The monoisotopic (exact) mass is 394 g/mol. The van der Waals surface area contributed by atoms with Crippen molar-refractivity contribution in [1.29, 1.82) is 0 Å². The molecule has 0 heterocycles. The lowest BCUT2D eigenvalue weighted by Crippen LogP contribution is -2.33. The summed E-state index contributed by atoms with van der Waals surface area (Å²) in [4.78, 5) is 12.2. The molecule has 0 radical (unpaired) electrons. The van der Waals surface area contributed by atoms with Crippen LogP contribution in [0.25, 0.3) is 0 Å². The molecule has 106 valence electrons. The Kier molecular flexibility index (Phi) is 7.15. The van der Waals surface area contributed by atoms with Gasteiger partial charge in [0.2, 0.25) is 0 Å². The predicted molar refractivity (Wildman–Crippen MR) is 87.7 cm³/mol. The molecule has 0 aliphatic heterocycles. The number of ether oxygens (including phenoxy) is 1. The predicted octanol–water partition coefficient (Wildman–Crippen LogP) is 4.52. The van der Waals surface area contributed by atoms with E-state index in [2.05, 4.69) is 28.7 Å². The van der Waals surface area contributed by atoms with Crippen molar-refractivity contribution in [2.75, 3.05) is 13.0 Å². The minimum Gasteiger partial charge on any atom is -0.468 e. The Balaban J connectivity index is 2.89. The van der Waals surface area contributed by atoms with Crippen molar-refractivity contribution in [3.8, 4) is 0 Å². The summed E-state index contributed by atoms with van der Waals surface area (Å²) in [7, 11) is 1.45. The second kappa shape index (κ2) is 8.10. The Bertz CT molecular complexity index is 422. The molecule has 0 aliphatic rings. The van der Waals surface area contributed by atoms with Crippen molar-refractivity contribution < 1.29 is 9.53 Å². The second-order valence-electron chi connectivity index (χ2n) is 4.83. The van der Waals surface area contributed by atoms with E-state index < -0.39 is 5.41 Å². The first-order valence-corrected chi connectivity index (χ1v) is 8.06. The molecule has 0 N–H and O–H groups in total. The summed E-state index contributed by atoms with van der Waals surface area (Å²) < 4.78 is 6.13. The van der Waals surface area contributed by atoms with Crippen LogP contribution in [0.2, 0.25) is 0 Å². The maximum atomic E-state index is 12.2. The Morgan fingerprint density at radius 3 is 2.68 bits per heavy atom. The van der Waals surface area contributed by atoms with Crippen LogP contribution in [0.15, 0.2) is 24.3 Å². The number of halogens is 2. The number of hydrogen-bond donors (Lipinski definition) is 0. The lowest BCUT2D eigenvalue weighted by Gasteiger charge is -2.27. The lowest BCUT2D eigenvalue weighted by molar-refractivity contribution is -0.147. The smallest absolute Gasteiger partial charge is 0.315 e. The van der Waals surface area contributed by atoms with Crippen molar-refractivity contribution in [1.82, 2.24) is 0 Å². The number of alkyl halides is 1. The first-order valence-electron chi connectivity index (χ1n) is 6.45. The van der Waals surface area contributed by atoms with E-state index in [-0.39, 0.29) is 5.97 Å². The van der Waals surface area contributed by atoms with Gasteiger partial charge in [-0.15, -0.1) is 11.6 Å². The van der Waals surface area contributed by atoms with Crippen molar-refractivity contribution >= 4 is 40.2 Å². The van der Waals surface area contributed by atoms with Gasteiger partial charge in [0, 0.05) is 9.45 Å². The standard InChI is InChI=1S/C15H20ClIO2/c1-15(14(18)19-2,9-4-3-5-10-16)12-7-6-8-13(17)11-12/h6-8,11H,3-5,9-10H2,1-2H3. The van der Waals surface area contributed by atoms with Gasteiger partial charge in [-0.3, -0.25) is 4.79 Å². The van der Waals surface area contributed by atoms with Gasteiger partial charge in [0.05, 0.1) is 12.5 Å². The fourth-order valence-electron chi connectivity index (χ4n) is 2.17. The molecule has 0 spiro atoms. The number of rotatable bonds is 7. The van der Waals surface area contributed by atoms with Gasteiger partial charge in [0.1, 0.15) is 0 Å². The Morgan fingerprint density at radius 2 is 2.11 bits per heavy atom. The zero-order valence-electron chi connectivity index (χ0n) is 11.4. The highest BCUT2D eigenvalue weighted by atomic mass is 127. The Hall–Kier alpha value is -0.290. The average molecular weight is 395 g/mol. The van der Waals surface area contributed by atoms with Gasteiger partial charge in [-0.2, -0.15) is 0 Å². The van der Waals surface area contributed by atoms with Crippen LogP contribution < -0.4 is 0 Å². The first kappa shape index (κ1) is 16.8. The first-order chi connectivity index (χ1) is 9.04. The van der Waals surface area contributed by atoms with Gasteiger partial charge >= 0.3 is 5.97 Å². The minimum absolute atomic E-state index is 0.166. The fourth-order valence-corrected chi connectivity index (χ4v) is 2.90. The maximum Gasteiger partial charge on any atom is 0.315 e. The molecule has 1 atom stereocenters. The van der Waals surface area contributed by atoms with E-state index in [0.717, 1.165) is 34.8 Å². The molecule has 0 amide bonds. The maximum absolute atomic E-state index is 12.2. The normalized spacial score (nSPS) is 13.9. The third kappa shape index (κ3) is 4.63. The van der Waals surface area contributed by atoms with Crippen LogP contribution >= 0.6 is 34.2 Å². The summed E-state index contributed by atoms with van der Waals surface area (Å²) in [5.74, 6) is 0.512. The number of carbonyl (C=O) groups excluding carboxylic acids is 1. The minimum atomic E-state index is -0.567. The van der Waals surface area contributed by atoms with Crippen LogP contribution in [0, 0.1) is 3.57 Å². The quantitative estimate of drug-likeness (QED) is 0.294.